The van der Waals surface area contributed by atoms with Gasteiger partial charge in [0.1, 0.15) is 23.1 Å². The molecule has 2 heterocycles. The zero-order valence-electron chi connectivity index (χ0n) is 19.0. The Morgan fingerprint density at radius 3 is 2.08 bits per heavy atom. The highest BCUT2D eigenvalue weighted by Gasteiger charge is 2.38. The lowest BCUT2D eigenvalue weighted by molar-refractivity contribution is -0.193. The average Bonchev–Trinajstić information content (AvgIpc) is 3.52. The largest absolute Gasteiger partial charge is 0.497 e. The minimum absolute atomic E-state index is 0.438. The number of methoxy groups -OCH3 is 1. The van der Waals surface area contributed by atoms with E-state index in [9.17, 15) is 26.3 Å². The molecule has 0 aliphatic carbocycles. The Kier molecular flexibility index (Phi) is 10.0. The topological polar surface area (TPSA) is 135 Å². The first-order chi connectivity index (χ1) is 17.7. The van der Waals surface area contributed by atoms with Crippen LogP contribution in [0.5, 0.6) is 11.5 Å². The first-order valence-electron chi connectivity index (χ1n) is 9.96. The lowest BCUT2D eigenvalue weighted by atomic mass is 10.1. The first kappa shape index (κ1) is 29.9. The van der Waals surface area contributed by atoms with Gasteiger partial charge in [0.15, 0.2) is 0 Å². The van der Waals surface area contributed by atoms with Gasteiger partial charge in [0.2, 0.25) is 0 Å². The maximum Gasteiger partial charge on any atom is 0.490 e. The Morgan fingerprint density at radius 2 is 1.55 bits per heavy atom. The summed E-state index contributed by atoms with van der Waals surface area (Å²) in [6, 6.07) is 13.8. The number of ether oxygens (including phenoxy) is 2. The number of hydrogen-bond acceptors (Lipinski definition) is 7. The number of nitrogens with one attached hydrogen (secondary N) is 1. The van der Waals surface area contributed by atoms with E-state index in [-0.39, 0.29) is 0 Å². The maximum absolute atomic E-state index is 10.6. The summed E-state index contributed by atoms with van der Waals surface area (Å²) in [5.41, 5.74) is 3.18. The summed E-state index contributed by atoms with van der Waals surface area (Å²) in [7, 11) is 1.64. The molecule has 0 bridgehead atoms. The molecule has 16 heteroatoms. The molecular formula is C22H17F6N3O6S. The molecular weight excluding hydrogens is 548 g/mol. The second-order valence-electron chi connectivity index (χ2n) is 6.85. The molecule has 9 nitrogen and oxygen atoms in total. The number of thiazole rings is 1. The Morgan fingerprint density at radius 1 is 0.947 bits per heavy atom. The normalized spacial score (nSPS) is 11.0. The molecule has 0 unspecified atom stereocenters. The molecule has 0 amide bonds. The number of aliphatic carboxylic acids is 2. The number of fused-ring (bicyclic) bond motifs is 1. The Balaban J connectivity index is 0.000000301. The number of alkyl halides is 6. The molecule has 0 radical (unpaired) electrons. The number of hydrogen-bond donors (Lipinski definition) is 3. The fraction of sp³-hybridized carbons (Fsp3) is 0.182. The zero-order chi connectivity index (χ0) is 28.5. The van der Waals surface area contributed by atoms with Crippen LogP contribution in [0, 0.1) is 0 Å². The lowest BCUT2D eigenvalue weighted by Gasteiger charge is -2.05. The van der Waals surface area contributed by atoms with Crippen LogP contribution in [-0.2, 0) is 16.2 Å². The van der Waals surface area contributed by atoms with Gasteiger partial charge in [-0.2, -0.15) is 31.4 Å². The Labute approximate surface area is 213 Å². The smallest absolute Gasteiger partial charge is 0.490 e. The van der Waals surface area contributed by atoms with Crippen LogP contribution in [0.25, 0.3) is 21.3 Å². The average molecular weight is 565 g/mol. The standard InChI is InChI=1S/C18H15N3O2S.2C2HF3O2/c1-22-14-3-2-4-15(8-14)23-11-18-21-16-6-5-12(7-17(16)24-18)13-9-19-20-10-13;2*3-2(4,5)1(6)7/h2-10H,11H2,1H3,(H,19,20);2*(H,6,7). The van der Waals surface area contributed by atoms with Crippen LogP contribution in [0.1, 0.15) is 5.01 Å². The number of benzene rings is 2. The molecule has 0 saturated heterocycles. The second kappa shape index (κ2) is 12.8. The van der Waals surface area contributed by atoms with E-state index < -0.39 is 24.3 Å². The molecule has 2 aromatic heterocycles. The first-order valence-corrected chi connectivity index (χ1v) is 10.8. The van der Waals surface area contributed by atoms with E-state index in [0.717, 1.165) is 37.9 Å². The third-order valence-corrected chi connectivity index (χ3v) is 5.14. The van der Waals surface area contributed by atoms with Crippen molar-refractivity contribution in [1.82, 2.24) is 15.2 Å². The SMILES string of the molecule is COc1cccc(OCc2nc3ccc(-c4cn[nH]c4)cc3s2)c1.O=C(O)C(F)(F)F.O=C(O)C(F)(F)F. The van der Waals surface area contributed by atoms with Crippen molar-refractivity contribution in [3.05, 3.63) is 59.9 Å². The lowest BCUT2D eigenvalue weighted by Crippen LogP contribution is -2.21. The molecule has 0 spiro atoms. The molecule has 4 aromatic rings. The van der Waals surface area contributed by atoms with Crippen LogP contribution in [-0.4, -0.2) is 56.8 Å². The van der Waals surface area contributed by atoms with Crippen LogP contribution in [0.2, 0.25) is 0 Å². The molecule has 3 N–H and O–H groups in total. The molecule has 0 saturated carbocycles. The van der Waals surface area contributed by atoms with E-state index in [0.29, 0.717) is 6.61 Å². The molecule has 38 heavy (non-hydrogen) atoms. The van der Waals surface area contributed by atoms with Crippen LogP contribution in [0.15, 0.2) is 54.9 Å². The zero-order valence-corrected chi connectivity index (χ0v) is 19.8. The molecule has 2 aromatic carbocycles. The van der Waals surface area contributed by atoms with Crippen molar-refractivity contribution >= 4 is 33.5 Å². The third kappa shape index (κ3) is 9.27. The summed E-state index contributed by atoms with van der Waals surface area (Å²) in [4.78, 5) is 22.4. The van der Waals surface area contributed by atoms with Crippen LogP contribution < -0.4 is 9.47 Å². The summed E-state index contributed by atoms with van der Waals surface area (Å²) in [5, 5.41) is 22.0. The summed E-state index contributed by atoms with van der Waals surface area (Å²) in [5.74, 6) is -3.96. The van der Waals surface area contributed by atoms with Gasteiger partial charge >= 0.3 is 24.3 Å². The highest BCUT2D eigenvalue weighted by atomic mass is 32.1. The summed E-state index contributed by atoms with van der Waals surface area (Å²) in [6.07, 6.45) is -6.47. The van der Waals surface area contributed by atoms with Crippen LogP contribution >= 0.6 is 11.3 Å². The van der Waals surface area contributed by atoms with E-state index in [2.05, 4.69) is 27.3 Å². The van der Waals surface area contributed by atoms with Crippen molar-refractivity contribution < 1.29 is 55.6 Å². The number of aromatic nitrogens is 3. The molecule has 0 fully saturated rings. The fourth-order valence-corrected chi connectivity index (χ4v) is 3.38. The number of aromatic amines is 1. The quantitative estimate of drug-likeness (QED) is 0.269. The van der Waals surface area contributed by atoms with Crippen LogP contribution in [0.3, 0.4) is 0 Å². The second-order valence-corrected chi connectivity index (χ2v) is 7.97. The summed E-state index contributed by atoms with van der Waals surface area (Å²) < 4.78 is 75.6. The van der Waals surface area contributed by atoms with E-state index in [1.165, 1.54) is 0 Å². The Hall–Kier alpha value is -4.34. The van der Waals surface area contributed by atoms with Gasteiger partial charge < -0.3 is 19.7 Å². The van der Waals surface area contributed by atoms with Crippen molar-refractivity contribution in [3.63, 3.8) is 0 Å². The molecule has 0 atom stereocenters. The maximum atomic E-state index is 10.6. The molecule has 4 rings (SSSR count). The number of H-pyrrole nitrogens is 1. The number of carboxylic acid groups (broad SMARTS) is 2. The number of carbonyl (C=O) groups is 2. The fourth-order valence-electron chi connectivity index (χ4n) is 2.46. The van der Waals surface area contributed by atoms with Crippen molar-refractivity contribution in [2.45, 2.75) is 19.0 Å². The minimum Gasteiger partial charge on any atom is -0.497 e. The number of nitrogens with zero attached hydrogens (tertiary/aromatic N) is 2. The van der Waals surface area contributed by atoms with E-state index >= 15 is 0 Å². The van der Waals surface area contributed by atoms with Gasteiger partial charge in [-0.15, -0.1) is 11.3 Å². The minimum atomic E-state index is -5.08. The molecule has 0 aliphatic heterocycles. The number of carboxylic acids is 2. The molecule has 204 valence electrons. The van der Waals surface area contributed by atoms with Crippen molar-refractivity contribution in [2.24, 2.45) is 0 Å². The summed E-state index contributed by atoms with van der Waals surface area (Å²) >= 11 is 1.64. The number of halogens is 6. The van der Waals surface area contributed by atoms with Gasteiger partial charge in [0, 0.05) is 17.8 Å². The monoisotopic (exact) mass is 565 g/mol. The summed E-state index contributed by atoms with van der Waals surface area (Å²) in [6.45, 7) is 0.438. The predicted octanol–water partition coefficient (Wildman–Crippen LogP) is 5.54. The van der Waals surface area contributed by atoms with Gasteiger partial charge in [0.05, 0.1) is 23.5 Å². The van der Waals surface area contributed by atoms with Crippen molar-refractivity contribution in [1.29, 1.82) is 0 Å². The van der Waals surface area contributed by atoms with Crippen molar-refractivity contribution in [2.75, 3.05) is 7.11 Å². The van der Waals surface area contributed by atoms with Crippen molar-refractivity contribution in [3.8, 4) is 22.6 Å². The van der Waals surface area contributed by atoms with E-state index in [1.54, 1.807) is 18.4 Å². The molecule has 0 aliphatic rings. The van der Waals surface area contributed by atoms with Crippen LogP contribution in [0.4, 0.5) is 26.3 Å². The van der Waals surface area contributed by atoms with Gasteiger partial charge in [-0.25, -0.2) is 14.6 Å². The number of rotatable bonds is 5. The van der Waals surface area contributed by atoms with Gasteiger partial charge in [-0.3, -0.25) is 5.10 Å². The third-order valence-electron chi connectivity index (χ3n) is 4.15. The highest BCUT2D eigenvalue weighted by Crippen LogP contribution is 2.29. The van der Waals surface area contributed by atoms with E-state index in [4.69, 9.17) is 29.3 Å². The van der Waals surface area contributed by atoms with E-state index in [1.807, 2.05) is 42.7 Å². The van der Waals surface area contributed by atoms with Gasteiger partial charge in [-0.1, -0.05) is 12.1 Å². The van der Waals surface area contributed by atoms with Gasteiger partial charge in [0.25, 0.3) is 0 Å². The highest BCUT2D eigenvalue weighted by molar-refractivity contribution is 7.18. The Bertz CT molecular complexity index is 1330. The van der Waals surface area contributed by atoms with Gasteiger partial charge in [-0.05, 0) is 29.8 Å². The predicted molar refractivity (Wildman–Crippen MR) is 122 cm³/mol.